The number of nitrogens with zero attached hydrogens (tertiary/aromatic N) is 4. The van der Waals surface area contributed by atoms with Crippen LogP contribution in [0.4, 0.5) is 13.2 Å². The van der Waals surface area contributed by atoms with Crippen LogP contribution in [0.25, 0.3) is 11.9 Å². The van der Waals surface area contributed by atoms with Crippen LogP contribution in [0.15, 0.2) is 71.9 Å². The van der Waals surface area contributed by atoms with Gasteiger partial charge in [-0.2, -0.15) is 13.2 Å². The van der Waals surface area contributed by atoms with Gasteiger partial charge in [0.15, 0.2) is 0 Å². The summed E-state index contributed by atoms with van der Waals surface area (Å²) in [7, 11) is 0. The molecular weight excluding hydrogens is 531 g/mol. The van der Waals surface area contributed by atoms with Crippen LogP contribution < -0.4 is 16.0 Å². The molecule has 10 heteroatoms. The number of benzene rings is 2. The Kier molecular flexibility index (Phi) is 7.37. The molecule has 2 atom stereocenters. The molecule has 3 aromatic rings. The summed E-state index contributed by atoms with van der Waals surface area (Å²) in [5.41, 5.74) is 0.822. The van der Waals surface area contributed by atoms with E-state index in [2.05, 4.69) is 22.4 Å². The topological polar surface area (TPSA) is 73.1 Å². The molecule has 4 heterocycles. The van der Waals surface area contributed by atoms with Crippen molar-refractivity contribution in [1.29, 1.82) is 0 Å². The van der Waals surface area contributed by atoms with Gasteiger partial charge in [0.05, 0.1) is 11.2 Å². The summed E-state index contributed by atoms with van der Waals surface area (Å²) in [4.78, 5) is 22.2. The minimum Gasteiger partial charge on any atom is -0.388 e. The Bertz CT molecular complexity index is 1500. The van der Waals surface area contributed by atoms with Crippen molar-refractivity contribution >= 4 is 12.1 Å². The molecule has 41 heavy (non-hydrogen) atoms. The minimum absolute atomic E-state index is 0.0637. The maximum Gasteiger partial charge on any atom is 0.416 e. The molecule has 2 aromatic carbocycles. The summed E-state index contributed by atoms with van der Waals surface area (Å²) in [6.07, 6.45) is 1.14. The number of carbonyl (C=O) groups excluding carboxylic acids is 1. The van der Waals surface area contributed by atoms with Crippen molar-refractivity contribution in [2.45, 2.75) is 37.0 Å². The van der Waals surface area contributed by atoms with Crippen molar-refractivity contribution < 1.29 is 23.1 Å². The quantitative estimate of drug-likeness (QED) is 0.499. The van der Waals surface area contributed by atoms with Gasteiger partial charge in [-0.05, 0) is 61.7 Å². The second-order valence-electron chi connectivity index (χ2n) is 11.4. The zero-order valence-corrected chi connectivity index (χ0v) is 22.7. The van der Waals surface area contributed by atoms with Crippen molar-refractivity contribution in [2.75, 3.05) is 39.4 Å². The number of hydrogen-bond acceptors (Lipinski definition) is 5. The number of amides is 1. The lowest BCUT2D eigenvalue weighted by molar-refractivity contribution is -0.141. The first-order chi connectivity index (χ1) is 19.7. The molecule has 0 saturated carbocycles. The molecular formula is C31H34F3N5O2. The molecule has 0 unspecified atom stereocenters. The van der Waals surface area contributed by atoms with Crippen molar-refractivity contribution in [3.63, 3.8) is 0 Å². The van der Waals surface area contributed by atoms with E-state index in [4.69, 9.17) is 0 Å². The van der Waals surface area contributed by atoms with Gasteiger partial charge in [-0.1, -0.05) is 30.3 Å². The Morgan fingerprint density at radius 3 is 2.49 bits per heavy atom. The van der Waals surface area contributed by atoms with Gasteiger partial charge in [0.25, 0.3) is 0 Å². The van der Waals surface area contributed by atoms with Gasteiger partial charge >= 0.3 is 6.18 Å². The molecule has 2 saturated heterocycles. The number of β-amino-alcohol motifs (C(OH)–C–C–N with tert-alkyl or cyclic N) is 1. The predicted molar refractivity (Wildman–Crippen MR) is 149 cm³/mol. The lowest BCUT2D eigenvalue weighted by Crippen LogP contribution is -2.54. The maximum atomic E-state index is 13.6. The van der Waals surface area contributed by atoms with Crippen LogP contribution in [0.1, 0.15) is 36.3 Å². The third-order valence-corrected chi connectivity index (χ3v) is 8.62. The number of hydrogen-bond donors (Lipinski definition) is 2. The third kappa shape index (κ3) is 5.76. The summed E-state index contributed by atoms with van der Waals surface area (Å²) in [6.45, 7) is 3.37. The van der Waals surface area contributed by atoms with E-state index in [1.807, 2.05) is 40.3 Å². The van der Waals surface area contributed by atoms with Crippen molar-refractivity contribution in [3.05, 3.63) is 88.7 Å². The largest absolute Gasteiger partial charge is 0.416 e. The highest BCUT2D eigenvalue weighted by Gasteiger charge is 2.40. The summed E-state index contributed by atoms with van der Waals surface area (Å²) in [5.74, 6) is 0.259. The monoisotopic (exact) mass is 565 g/mol. The van der Waals surface area contributed by atoms with E-state index in [9.17, 15) is 23.1 Å². The van der Waals surface area contributed by atoms with E-state index < -0.39 is 17.3 Å². The lowest BCUT2D eigenvalue weighted by atomic mass is 9.80. The molecule has 2 N–H and O–H groups in total. The number of aliphatic hydroxyl groups is 1. The van der Waals surface area contributed by atoms with Gasteiger partial charge in [0.2, 0.25) is 5.91 Å². The number of fused-ring (bicyclic) bond motifs is 1. The van der Waals surface area contributed by atoms with Crippen LogP contribution >= 0.6 is 0 Å². The van der Waals surface area contributed by atoms with Gasteiger partial charge in [0.1, 0.15) is 12.2 Å². The summed E-state index contributed by atoms with van der Waals surface area (Å²) in [6, 6.07) is 17.1. The molecule has 0 bridgehead atoms. The van der Waals surface area contributed by atoms with Gasteiger partial charge in [0, 0.05) is 61.3 Å². The summed E-state index contributed by atoms with van der Waals surface area (Å²) >= 11 is 0. The zero-order chi connectivity index (χ0) is 28.6. The van der Waals surface area contributed by atoms with Crippen molar-refractivity contribution in [3.8, 4) is 5.69 Å². The number of likely N-dealkylation sites (tertiary alicyclic amines) is 1. The van der Waals surface area contributed by atoms with Gasteiger partial charge in [-0.25, -0.2) is 4.99 Å². The fourth-order valence-electron chi connectivity index (χ4n) is 6.34. The highest BCUT2D eigenvalue weighted by Crippen LogP contribution is 2.33. The minimum atomic E-state index is -4.38. The molecule has 0 spiro atoms. The fourth-order valence-corrected chi connectivity index (χ4v) is 6.34. The number of aromatic nitrogens is 1. The van der Waals surface area contributed by atoms with Gasteiger partial charge in [-0.15, -0.1) is 0 Å². The van der Waals surface area contributed by atoms with Crippen LogP contribution in [0.2, 0.25) is 0 Å². The first kappa shape index (κ1) is 27.5. The van der Waals surface area contributed by atoms with E-state index in [1.165, 1.54) is 17.7 Å². The normalized spacial score (nSPS) is 22.4. The van der Waals surface area contributed by atoms with E-state index >= 15 is 0 Å². The van der Waals surface area contributed by atoms with E-state index in [-0.39, 0.29) is 17.7 Å². The summed E-state index contributed by atoms with van der Waals surface area (Å²) < 4.78 is 40.6. The molecule has 3 aliphatic rings. The molecule has 1 amide bonds. The third-order valence-electron chi connectivity index (χ3n) is 8.62. The number of halogens is 3. The molecule has 2 fully saturated rings. The molecule has 1 aromatic heterocycles. The van der Waals surface area contributed by atoms with Crippen molar-refractivity contribution in [1.82, 2.24) is 19.7 Å². The fraction of sp³-hybridized carbons (Fsp3) is 0.419. The number of nitrogens with one attached hydrogen (secondary N) is 1. The zero-order valence-electron chi connectivity index (χ0n) is 22.7. The number of carbonyl (C=O) groups is 1. The van der Waals surface area contributed by atoms with Gasteiger partial charge < -0.3 is 24.8 Å². The Hall–Kier alpha value is -3.63. The first-order valence-electron chi connectivity index (χ1n) is 14.1. The van der Waals surface area contributed by atoms with Gasteiger partial charge in [-0.3, -0.25) is 4.79 Å². The SMILES string of the molecule is O=C([C@@H]1CCNC[C@H]1c1ccccc1)N1CCC(O)(CN2C=c3ccn(-c4ccc(C(F)(F)F)cc4)c3=NC2)CC1. The Balaban J connectivity index is 1.09. The molecule has 216 valence electrons. The van der Waals surface area contributed by atoms with Crippen LogP contribution in [0.3, 0.4) is 0 Å². The van der Waals surface area contributed by atoms with E-state index in [0.29, 0.717) is 50.3 Å². The predicted octanol–water partition coefficient (Wildman–Crippen LogP) is 2.87. The molecule has 3 aliphatic heterocycles. The van der Waals surface area contributed by atoms with Crippen LogP contribution in [0, 0.1) is 5.92 Å². The standard InChI is InChI=1S/C31H34F3N5O2/c32-31(33,34)24-6-8-25(9-7-24)39-15-11-23-19-37(21-36-28(23)39)20-30(41)12-16-38(17-13-30)29(40)26-10-14-35-18-27(26)22-4-2-1-3-5-22/h1-9,11,15,19,26-27,35,41H,10,12-14,16-18,20-21H2/t26-,27+/m1/s1. The lowest BCUT2D eigenvalue weighted by Gasteiger charge is -2.43. The average molecular weight is 566 g/mol. The second-order valence-corrected chi connectivity index (χ2v) is 11.4. The maximum absolute atomic E-state index is 13.6. The Labute approximate surface area is 236 Å². The second kappa shape index (κ2) is 11.0. The summed E-state index contributed by atoms with van der Waals surface area (Å²) in [5, 5.41) is 15.7. The molecule has 0 aliphatic carbocycles. The van der Waals surface area contributed by atoms with Crippen LogP contribution in [-0.2, 0) is 11.0 Å². The Morgan fingerprint density at radius 1 is 1.05 bits per heavy atom. The smallest absolute Gasteiger partial charge is 0.388 e. The first-order valence-corrected chi connectivity index (χ1v) is 14.1. The highest BCUT2D eigenvalue weighted by molar-refractivity contribution is 5.80. The molecule has 7 nitrogen and oxygen atoms in total. The number of rotatable bonds is 5. The molecule has 6 rings (SSSR count). The Morgan fingerprint density at radius 2 is 1.78 bits per heavy atom. The van der Waals surface area contributed by atoms with E-state index in [0.717, 1.165) is 36.9 Å². The highest BCUT2D eigenvalue weighted by atomic mass is 19.4. The van der Waals surface area contributed by atoms with Crippen LogP contribution in [0.5, 0.6) is 0 Å². The average Bonchev–Trinajstić information content (AvgIpc) is 3.40. The van der Waals surface area contributed by atoms with E-state index in [1.54, 1.807) is 10.8 Å². The van der Waals surface area contributed by atoms with Crippen molar-refractivity contribution in [2.24, 2.45) is 10.9 Å². The number of alkyl halides is 3. The van der Waals surface area contributed by atoms with Crippen LogP contribution in [-0.4, -0.2) is 70.4 Å². The number of piperidine rings is 2. The molecule has 0 radical (unpaired) electrons.